The van der Waals surface area contributed by atoms with Gasteiger partial charge >= 0.3 is 0 Å². The molecule has 0 aliphatic heterocycles. The van der Waals surface area contributed by atoms with Gasteiger partial charge in [-0.15, -0.1) is 0 Å². The van der Waals surface area contributed by atoms with Crippen molar-refractivity contribution in [1.29, 1.82) is 0 Å². The van der Waals surface area contributed by atoms with E-state index < -0.39 is 0 Å². The van der Waals surface area contributed by atoms with Crippen LogP contribution in [0.25, 0.3) is 33.4 Å². The van der Waals surface area contributed by atoms with Crippen molar-refractivity contribution in [2.45, 2.75) is 13.8 Å². The number of hydrogen-bond donors (Lipinski definition) is 2. The summed E-state index contributed by atoms with van der Waals surface area (Å²) >= 11 is 0. The highest BCUT2D eigenvalue weighted by molar-refractivity contribution is 5.87. The van der Waals surface area contributed by atoms with Crippen LogP contribution < -0.4 is 4.74 Å². The quantitative estimate of drug-likeness (QED) is 0.562. The molecule has 5 nitrogen and oxygen atoms in total. The minimum absolute atomic E-state index is 0.129. The van der Waals surface area contributed by atoms with E-state index in [1.165, 1.54) is 0 Å². The Hall–Kier alpha value is -3.34. The lowest BCUT2D eigenvalue weighted by molar-refractivity contribution is 0.338. The predicted molar refractivity (Wildman–Crippen MR) is 102 cm³/mol. The van der Waals surface area contributed by atoms with Crippen LogP contribution in [-0.4, -0.2) is 26.9 Å². The highest BCUT2D eigenvalue weighted by atomic mass is 16.5. The van der Waals surface area contributed by atoms with E-state index >= 15 is 0 Å². The molecule has 130 valence electrons. The standard InChI is InChI=1S/C21H19N3O2/c1-3-26-15-9-10-16(19(25)12-15)21-20(13(2)23-24-21)18-11-8-14-6-4-5-7-17(14)22-18/h4-12,25H,3H2,1-2H3,(H,23,24). The lowest BCUT2D eigenvalue weighted by Crippen LogP contribution is -1.92. The van der Waals surface area contributed by atoms with Crippen LogP contribution in [0.3, 0.4) is 0 Å². The number of para-hydroxylation sites is 1. The lowest BCUT2D eigenvalue weighted by Gasteiger charge is -2.09. The van der Waals surface area contributed by atoms with Crippen molar-refractivity contribution >= 4 is 10.9 Å². The number of pyridine rings is 1. The molecule has 2 aromatic carbocycles. The molecule has 0 fully saturated rings. The Bertz CT molecular complexity index is 1090. The summed E-state index contributed by atoms with van der Waals surface area (Å²) in [6.45, 7) is 4.41. The molecule has 0 aliphatic rings. The van der Waals surface area contributed by atoms with Gasteiger partial charge < -0.3 is 9.84 Å². The maximum absolute atomic E-state index is 10.5. The Morgan fingerprint density at radius 2 is 1.92 bits per heavy atom. The van der Waals surface area contributed by atoms with Crippen molar-refractivity contribution in [3.8, 4) is 34.0 Å². The van der Waals surface area contributed by atoms with Crippen LogP contribution in [0, 0.1) is 6.92 Å². The van der Waals surface area contributed by atoms with Crippen molar-refractivity contribution < 1.29 is 9.84 Å². The monoisotopic (exact) mass is 345 g/mol. The molecule has 4 rings (SSSR count). The Balaban J connectivity index is 1.85. The lowest BCUT2D eigenvalue weighted by atomic mass is 10.0. The number of aryl methyl sites for hydroxylation is 1. The van der Waals surface area contributed by atoms with Gasteiger partial charge in [0, 0.05) is 28.3 Å². The zero-order valence-electron chi connectivity index (χ0n) is 14.7. The summed E-state index contributed by atoms with van der Waals surface area (Å²) in [6, 6.07) is 17.3. The Morgan fingerprint density at radius 1 is 1.08 bits per heavy atom. The van der Waals surface area contributed by atoms with Gasteiger partial charge in [-0.2, -0.15) is 5.10 Å². The van der Waals surface area contributed by atoms with E-state index in [2.05, 4.69) is 10.2 Å². The molecular formula is C21H19N3O2. The molecule has 0 atom stereocenters. The highest BCUT2D eigenvalue weighted by Gasteiger charge is 2.18. The normalized spacial score (nSPS) is 11.0. The second kappa shape index (κ2) is 6.52. The third-order valence-electron chi connectivity index (χ3n) is 4.34. The summed E-state index contributed by atoms with van der Waals surface area (Å²) < 4.78 is 5.45. The number of nitrogens with zero attached hydrogens (tertiary/aromatic N) is 2. The van der Waals surface area contributed by atoms with Crippen LogP contribution in [0.4, 0.5) is 0 Å². The second-order valence-electron chi connectivity index (χ2n) is 6.07. The molecular weight excluding hydrogens is 326 g/mol. The van der Waals surface area contributed by atoms with Gasteiger partial charge in [-0.05, 0) is 38.1 Å². The first kappa shape index (κ1) is 16.1. The molecule has 2 heterocycles. The summed E-state index contributed by atoms with van der Waals surface area (Å²) in [4.78, 5) is 4.78. The first-order chi connectivity index (χ1) is 12.7. The topological polar surface area (TPSA) is 71.0 Å². The number of H-pyrrole nitrogens is 1. The number of phenolic OH excluding ortho intramolecular Hbond substituents is 1. The van der Waals surface area contributed by atoms with Gasteiger partial charge in [-0.1, -0.05) is 24.3 Å². The average molecular weight is 345 g/mol. The van der Waals surface area contributed by atoms with Gasteiger partial charge in [0.05, 0.1) is 17.8 Å². The van der Waals surface area contributed by atoms with E-state index in [-0.39, 0.29) is 5.75 Å². The number of benzene rings is 2. The summed E-state index contributed by atoms with van der Waals surface area (Å²) in [7, 11) is 0. The van der Waals surface area contributed by atoms with Crippen LogP contribution in [0.15, 0.2) is 54.6 Å². The van der Waals surface area contributed by atoms with E-state index in [0.717, 1.165) is 27.9 Å². The van der Waals surface area contributed by atoms with Crippen molar-refractivity contribution in [2.75, 3.05) is 6.61 Å². The number of aromatic hydroxyl groups is 1. The van der Waals surface area contributed by atoms with Gasteiger partial charge in [-0.25, -0.2) is 4.98 Å². The van der Waals surface area contributed by atoms with Gasteiger partial charge in [0.1, 0.15) is 17.2 Å². The molecule has 26 heavy (non-hydrogen) atoms. The fraction of sp³-hybridized carbons (Fsp3) is 0.143. The summed E-state index contributed by atoms with van der Waals surface area (Å²) in [5.41, 5.74) is 4.84. The SMILES string of the molecule is CCOc1ccc(-c2n[nH]c(C)c2-c2ccc3ccccc3n2)c(O)c1. The molecule has 0 saturated carbocycles. The van der Waals surface area contributed by atoms with E-state index in [1.54, 1.807) is 6.07 Å². The molecule has 2 aromatic heterocycles. The largest absolute Gasteiger partial charge is 0.507 e. The number of fused-ring (bicyclic) bond motifs is 1. The van der Waals surface area contributed by atoms with Crippen LogP contribution in [-0.2, 0) is 0 Å². The summed E-state index contributed by atoms with van der Waals surface area (Å²) in [6.07, 6.45) is 0. The third kappa shape index (κ3) is 2.77. The van der Waals surface area contributed by atoms with Crippen LogP contribution >= 0.6 is 0 Å². The van der Waals surface area contributed by atoms with Crippen LogP contribution in [0.5, 0.6) is 11.5 Å². The zero-order valence-corrected chi connectivity index (χ0v) is 14.7. The number of nitrogens with one attached hydrogen (secondary N) is 1. The maximum atomic E-state index is 10.5. The molecule has 0 radical (unpaired) electrons. The number of hydrogen-bond acceptors (Lipinski definition) is 4. The molecule has 0 saturated heterocycles. The molecule has 4 aromatic rings. The maximum Gasteiger partial charge on any atom is 0.128 e. The Morgan fingerprint density at radius 3 is 2.73 bits per heavy atom. The second-order valence-corrected chi connectivity index (χ2v) is 6.07. The van der Waals surface area contributed by atoms with Gasteiger partial charge in [0.25, 0.3) is 0 Å². The number of rotatable bonds is 4. The highest BCUT2D eigenvalue weighted by Crippen LogP contribution is 2.38. The smallest absolute Gasteiger partial charge is 0.128 e. The summed E-state index contributed by atoms with van der Waals surface area (Å²) in [5.74, 6) is 0.760. The summed E-state index contributed by atoms with van der Waals surface area (Å²) in [5, 5.41) is 19.0. The van der Waals surface area contributed by atoms with Crippen molar-refractivity contribution in [3.05, 3.63) is 60.3 Å². The molecule has 5 heteroatoms. The minimum Gasteiger partial charge on any atom is -0.507 e. The molecule has 2 N–H and O–H groups in total. The van der Waals surface area contributed by atoms with E-state index in [1.807, 2.05) is 62.4 Å². The minimum atomic E-state index is 0.129. The number of aromatic amines is 1. The molecule has 0 aliphatic carbocycles. The van der Waals surface area contributed by atoms with Crippen LogP contribution in [0.1, 0.15) is 12.6 Å². The van der Waals surface area contributed by atoms with Crippen LogP contribution in [0.2, 0.25) is 0 Å². The number of aromatic nitrogens is 3. The Labute approximate surface area is 151 Å². The molecule has 0 spiro atoms. The zero-order chi connectivity index (χ0) is 18.1. The number of ether oxygens (including phenoxy) is 1. The molecule has 0 amide bonds. The fourth-order valence-electron chi connectivity index (χ4n) is 3.11. The van der Waals surface area contributed by atoms with Crippen molar-refractivity contribution in [2.24, 2.45) is 0 Å². The van der Waals surface area contributed by atoms with Gasteiger partial charge in [-0.3, -0.25) is 5.10 Å². The van der Waals surface area contributed by atoms with Crippen molar-refractivity contribution in [3.63, 3.8) is 0 Å². The van der Waals surface area contributed by atoms with Gasteiger partial charge in [0.15, 0.2) is 0 Å². The predicted octanol–water partition coefficient (Wildman–Crippen LogP) is 4.70. The van der Waals surface area contributed by atoms with Gasteiger partial charge in [0.2, 0.25) is 0 Å². The number of phenols is 1. The average Bonchev–Trinajstić information content (AvgIpc) is 3.03. The molecule has 0 unspecified atom stereocenters. The Kier molecular flexibility index (Phi) is 4.05. The van der Waals surface area contributed by atoms with E-state index in [9.17, 15) is 5.11 Å². The van der Waals surface area contributed by atoms with E-state index in [0.29, 0.717) is 23.6 Å². The van der Waals surface area contributed by atoms with E-state index in [4.69, 9.17) is 9.72 Å². The first-order valence-electron chi connectivity index (χ1n) is 8.54. The third-order valence-corrected chi connectivity index (χ3v) is 4.34. The first-order valence-corrected chi connectivity index (χ1v) is 8.54. The molecule has 0 bridgehead atoms. The fourth-order valence-corrected chi connectivity index (χ4v) is 3.11. The van der Waals surface area contributed by atoms with Crippen molar-refractivity contribution in [1.82, 2.24) is 15.2 Å².